The molecule has 0 unspecified atom stereocenters. The van der Waals surface area contributed by atoms with Crippen LogP contribution < -0.4 is 0 Å². The van der Waals surface area contributed by atoms with Crippen LogP contribution in [0.2, 0.25) is 0 Å². The van der Waals surface area contributed by atoms with Crippen LogP contribution in [0.25, 0.3) is 0 Å². The molecule has 3 rings (SSSR count). The topological polar surface area (TPSA) is 70.8 Å². The fraction of sp³-hybridized carbons (Fsp3) is 0.353. The minimum Gasteiger partial charge on any atom is -0.466 e. The van der Waals surface area contributed by atoms with Crippen molar-refractivity contribution in [1.82, 2.24) is 9.21 Å². The van der Waals surface area contributed by atoms with Crippen LogP contribution in [0.3, 0.4) is 0 Å². The Morgan fingerprint density at radius 2 is 1.69 bits per heavy atom. The number of carbonyl (C=O) groups excluding carboxylic acids is 1. The van der Waals surface area contributed by atoms with Crippen molar-refractivity contribution < 1.29 is 26.4 Å². The summed E-state index contributed by atoms with van der Waals surface area (Å²) in [6.45, 7) is 3.99. The molecule has 1 saturated heterocycles. The van der Waals surface area contributed by atoms with Gasteiger partial charge >= 0.3 is 0 Å². The van der Waals surface area contributed by atoms with Crippen LogP contribution in [0.5, 0.6) is 0 Å². The summed E-state index contributed by atoms with van der Waals surface area (Å²) in [7, 11) is -3.95. The zero-order valence-electron chi connectivity index (χ0n) is 14.3. The van der Waals surface area contributed by atoms with Gasteiger partial charge in [-0.3, -0.25) is 4.79 Å². The van der Waals surface area contributed by atoms with Gasteiger partial charge in [0.05, 0.1) is 10.5 Å². The first-order valence-corrected chi connectivity index (χ1v) is 9.45. The summed E-state index contributed by atoms with van der Waals surface area (Å²) < 4.78 is 58.1. The Bertz CT molecular complexity index is 948. The van der Waals surface area contributed by atoms with E-state index in [1.54, 1.807) is 24.8 Å². The van der Waals surface area contributed by atoms with Crippen molar-refractivity contribution in [2.24, 2.45) is 0 Å². The van der Waals surface area contributed by atoms with Crippen molar-refractivity contribution in [1.29, 1.82) is 0 Å². The Morgan fingerprint density at radius 3 is 2.23 bits per heavy atom. The fourth-order valence-electron chi connectivity index (χ4n) is 2.93. The van der Waals surface area contributed by atoms with E-state index in [0.29, 0.717) is 23.2 Å². The molecule has 1 amide bonds. The van der Waals surface area contributed by atoms with Crippen LogP contribution in [0, 0.1) is 25.5 Å². The van der Waals surface area contributed by atoms with Crippen LogP contribution in [0.4, 0.5) is 8.78 Å². The largest absolute Gasteiger partial charge is 0.466 e. The highest BCUT2D eigenvalue weighted by Gasteiger charge is 2.31. The summed E-state index contributed by atoms with van der Waals surface area (Å²) in [5.74, 6) is -1.39. The summed E-state index contributed by atoms with van der Waals surface area (Å²) >= 11 is 0. The Morgan fingerprint density at radius 1 is 1.04 bits per heavy atom. The maximum atomic E-state index is 13.4. The highest BCUT2D eigenvalue weighted by Crippen LogP contribution is 2.22. The Hall–Kier alpha value is -2.26. The maximum absolute atomic E-state index is 13.4. The van der Waals surface area contributed by atoms with Gasteiger partial charge in [-0.25, -0.2) is 17.2 Å². The van der Waals surface area contributed by atoms with Gasteiger partial charge in [0.1, 0.15) is 11.5 Å². The van der Waals surface area contributed by atoms with Gasteiger partial charge in [-0.05, 0) is 38.1 Å². The van der Waals surface area contributed by atoms with E-state index >= 15 is 0 Å². The van der Waals surface area contributed by atoms with E-state index in [4.69, 9.17) is 4.42 Å². The fourth-order valence-corrected chi connectivity index (χ4v) is 4.37. The monoisotopic (exact) mass is 384 g/mol. The van der Waals surface area contributed by atoms with Crippen molar-refractivity contribution in [3.05, 3.63) is 53.0 Å². The molecule has 0 aliphatic carbocycles. The molecule has 1 aromatic carbocycles. The molecule has 9 heteroatoms. The second kappa shape index (κ2) is 6.81. The minimum absolute atomic E-state index is 0.0724. The molecule has 1 aliphatic rings. The van der Waals surface area contributed by atoms with Gasteiger partial charge in [-0.2, -0.15) is 4.31 Å². The first kappa shape index (κ1) is 18.5. The van der Waals surface area contributed by atoms with Crippen LogP contribution >= 0.6 is 0 Å². The van der Waals surface area contributed by atoms with Crippen molar-refractivity contribution >= 4 is 15.9 Å². The van der Waals surface area contributed by atoms with Gasteiger partial charge in [0, 0.05) is 26.2 Å². The average Bonchev–Trinajstić information content (AvgIpc) is 2.95. The van der Waals surface area contributed by atoms with Gasteiger partial charge in [0.2, 0.25) is 10.0 Å². The molecule has 0 bridgehead atoms. The number of aryl methyl sites for hydroxylation is 2. The van der Waals surface area contributed by atoms with Crippen LogP contribution in [0.15, 0.2) is 33.6 Å². The van der Waals surface area contributed by atoms with Crippen LogP contribution in [0.1, 0.15) is 21.9 Å². The highest BCUT2D eigenvalue weighted by molar-refractivity contribution is 7.89. The minimum atomic E-state index is -3.95. The summed E-state index contributed by atoms with van der Waals surface area (Å²) in [5, 5.41) is 0. The smallest absolute Gasteiger partial charge is 0.257 e. The van der Waals surface area contributed by atoms with Gasteiger partial charge in [0.15, 0.2) is 11.6 Å². The normalized spacial score (nSPS) is 16.1. The van der Waals surface area contributed by atoms with E-state index in [-0.39, 0.29) is 37.0 Å². The summed E-state index contributed by atoms with van der Waals surface area (Å²) in [6, 6.07) is 4.14. The third kappa shape index (κ3) is 3.36. The van der Waals surface area contributed by atoms with Crippen molar-refractivity contribution in [3.8, 4) is 0 Å². The van der Waals surface area contributed by atoms with Crippen molar-refractivity contribution in [3.63, 3.8) is 0 Å². The number of hydrogen-bond donors (Lipinski definition) is 0. The highest BCUT2D eigenvalue weighted by atomic mass is 32.2. The molecule has 1 aliphatic heterocycles. The molecule has 1 fully saturated rings. The standard InChI is InChI=1S/C17H18F2N2O4S/c1-11-9-14(12(2)25-11)17(22)20-5-7-21(8-6-20)26(23,24)13-3-4-15(18)16(19)10-13/h3-4,9-10H,5-8H2,1-2H3. The molecule has 6 nitrogen and oxygen atoms in total. The Balaban J connectivity index is 1.72. The second-order valence-corrected chi connectivity index (χ2v) is 8.04. The van der Waals surface area contributed by atoms with Crippen LogP contribution in [-0.2, 0) is 10.0 Å². The zero-order valence-corrected chi connectivity index (χ0v) is 15.1. The van der Waals surface area contributed by atoms with Gasteiger partial charge < -0.3 is 9.32 Å². The van der Waals surface area contributed by atoms with E-state index < -0.39 is 21.7 Å². The predicted molar refractivity (Wildman–Crippen MR) is 89.2 cm³/mol. The van der Waals surface area contributed by atoms with Crippen molar-refractivity contribution in [2.75, 3.05) is 26.2 Å². The first-order valence-electron chi connectivity index (χ1n) is 8.01. The molecule has 140 valence electrons. The predicted octanol–water partition coefficient (Wildman–Crippen LogP) is 2.32. The van der Waals surface area contributed by atoms with Gasteiger partial charge in [-0.15, -0.1) is 0 Å². The molecule has 0 N–H and O–H groups in total. The Kier molecular flexibility index (Phi) is 4.85. The molecule has 0 radical (unpaired) electrons. The summed E-state index contributed by atoms with van der Waals surface area (Å²) in [4.78, 5) is 13.8. The number of piperazine rings is 1. The van der Waals surface area contributed by atoms with Gasteiger partial charge in [0.25, 0.3) is 5.91 Å². The number of hydrogen-bond acceptors (Lipinski definition) is 4. The molecule has 26 heavy (non-hydrogen) atoms. The Labute approximate surface area is 150 Å². The molecule has 1 aromatic heterocycles. The third-order valence-electron chi connectivity index (χ3n) is 4.33. The van der Waals surface area contributed by atoms with E-state index in [9.17, 15) is 22.0 Å². The van der Waals surface area contributed by atoms with Crippen molar-refractivity contribution in [2.45, 2.75) is 18.7 Å². The zero-order chi connectivity index (χ0) is 19.1. The number of nitrogens with zero attached hydrogens (tertiary/aromatic N) is 2. The van der Waals surface area contributed by atoms with Gasteiger partial charge in [-0.1, -0.05) is 0 Å². The molecule has 0 spiro atoms. The lowest BCUT2D eigenvalue weighted by molar-refractivity contribution is 0.0696. The number of halogens is 2. The molecule has 0 saturated carbocycles. The number of sulfonamides is 1. The summed E-state index contributed by atoms with van der Waals surface area (Å²) in [6.07, 6.45) is 0. The SMILES string of the molecule is Cc1cc(C(=O)N2CCN(S(=O)(=O)c3ccc(F)c(F)c3)CC2)c(C)o1. The quantitative estimate of drug-likeness (QED) is 0.814. The lowest BCUT2D eigenvalue weighted by Gasteiger charge is -2.34. The lowest BCUT2D eigenvalue weighted by atomic mass is 10.2. The first-order chi connectivity index (χ1) is 12.2. The molecular formula is C17H18F2N2O4S. The maximum Gasteiger partial charge on any atom is 0.257 e. The molecular weight excluding hydrogens is 366 g/mol. The van der Waals surface area contributed by atoms with E-state index in [2.05, 4.69) is 0 Å². The number of rotatable bonds is 3. The van der Waals surface area contributed by atoms with Crippen LogP contribution in [-0.4, -0.2) is 49.7 Å². The second-order valence-electron chi connectivity index (χ2n) is 6.10. The number of amides is 1. The molecule has 0 atom stereocenters. The van der Waals surface area contributed by atoms with E-state index in [0.717, 1.165) is 16.4 Å². The summed E-state index contributed by atoms with van der Waals surface area (Å²) in [5.41, 5.74) is 0.458. The average molecular weight is 384 g/mol. The number of furan rings is 1. The third-order valence-corrected chi connectivity index (χ3v) is 6.22. The molecule has 2 heterocycles. The van der Waals surface area contributed by atoms with E-state index in [1.165, 1.54) is 0 Å². The molecule has 2 aromatic rings. The van der Waals surface area contributed by atoms with E-state index in [1.807, 2.05) is 0 Å². The number of carbonyl (C=O) groups is 1. The number of benzene rings is 1. The lowest BCUT2D eigenvalue weighted by Crippen LogP contribution is -2.50.